The average molecular weight is 335 g/mol. The third-order valence-electron chi connectivity index (χ3n) is 4.01. The molecule has 0 radical (unpaired) electrons. The van der Waals surface area contributed by atoms with Gasteiger partial charge in [-0.2, -0.15) is 0 Å². The lowest BCUT2D eigenvalue weighted by Crippen LogP contribution is -2.53. The number of hydrogen-bond donors (Lipinski definition) is 0. The van der Waals surface area contributed by atoms with Gasteiger partial charge in [0.25, 0.3) is 5.91 Å². The maximum absolute atomic E-state index is 12.5. The molecule has 0 aliphatic carbocycles. The van der Waals surface area contributed by atoms with Gasteiger partial charge in [0.1, 0.15) is 0 Å². The van der Waals surface area contributed by atoms with E-state index in [-0.39, 0.29) is 11.9 Å². The highest BCUT2D eigenvalue weighted by Crippen LogP contribution is 2.24. The van der Waals surface area contributed by atoms with Crippen LogP contribution in [0.15, 0.2) is 42.5 Å². The van der Waals surface area contributed by atoms with Gasteiger partial charge in [0, 0.05) is 32.2 Å². The number of halogens is 1. The zero-order chi connectivity index (χ0) is 15.5. The molecule has 1 atom stereocenters. The van der Waals surface area contributed by atoms with Crippen molar-refractivity contribution in [1.29, 1.82) is 0 Å². The van der Waals surface area contributed by atoms with E-state index in [4.69, 9.17) is 11.6 Å². The van der Waals surface area contributed by atoms with Gasteiger partial charge in [0.15, 0.2) is 0 Å². The first-order valence-electron chi connectivity index (χ1n) is 7.46. The van der Waals surface area contributed by atoms with Crippen LogP contribution < -0.4 is 0 Å². The Morgan fingerprint density at radius 3 is 2.64 bits per heavy atom. The van der Waals surface area contributed by atoms with Gasteiger partial charge in [0.05, 0.1) is 9.21 Å². The van der Waals surface area contributed by atoms with Crippen LogP contribution in [0.4, 0.5) is 0 Å². The van der Waals surface area contributed by atoms with Crippen molar-refractivity contribution >= 4 is 28.8 Å². The summed E-state index contributed by atoms with van der Waals surface area (Å²) in [5.41, 5.74) is 1.32. The minimum absolute atomic E-state index is 0.101. The van der Waals surface area contributed by atoms with Crippen LogP contribution in [0.3, 0.4) is 0 Å². The quantitative estimate of drug-likeness (QED) is 0.853. The van der Waals surface area contributed by atoms with E-state index in [1.54, 1.807) is 6.07 Å². The summed E-state index contributed by atoms with van der Waals surface area (Å²) in [7, 11) is 0. The number of hydrogen-bond acceptors (Lipinski definition) is 3. The van der Waals surface area contributed by atoms with E-state index in [0.29, 0.717) is 4.34 Å². The van der Waals surface area contributed by atoms with E-state index in [9.17, 15) is 4.79 Å². The first-order chi connectivity index (χ1) is 10.6. The molecule has 1 fully saturated rings. The molecule has 3 nitrogen and oxygen atoms in total. The minimum Gasteiger partial charge on any atom is -0.333 e. The Balaban J connectivity index is 1.61. The molecule has 2 heterocycles. The van der Waals surface area contributed by atoms with Crippen molar-refractivity contribution in [3.63, 3.8) is 0 Å². The Labute approximate surface area is 140 Å². The molecule has 5 heteroatoms. The number of rotatable bonds is 3. The second-order valence-electron chi connectivity index (χ2n) is 5.67. The largest absolute Gasteiger partial charge is 0.333 e. The fourth-order valence-electron chi connectivity index (χ4n) is 2.89. The molecule has 22 heavy (non-hydrogen) atoms. The molecule has 0 saturated carbocycles. The molecular weight excluding hydrogens is 316 g/mol. The molecule has 1 aliphatic heterocycles. The summed E-state index contributed by atoms with van der Waals surface area (Å²) in [5.74, 6) is 0.101. The fourth-order valence-corrected chi connectivity index (χ4v) is 3.89. The molecule has 116 valence electrons. The summed E-state index contributed by atoms with van der Waals surface area (Å²) in [4.78, 5) is 17.6. The lowest BCUT2D eigenvalue weighted by molar-refractivity contribution is 0.0480. The number of benzene rings is 1. The number of carbonyl (C=O) groups is 1. The van der Waals surface area contributed by atoms with E-state index < -0.39 is 0 Å². The monoisotopic (exact) mass is 334 g/mol. The van der Waals surface area contributed by atoms with E-state index in [1.165, 1.54) is 16.9 Å². The van der Waals surface area contributed by atoms with E-state index in [1.807, 2.05) is 17.0 Å². The van der Waals surface area contributed by atoms with E-state index in [2.05, 4.69) is 36.1 Å². The van der Waals surface area contributed by atoms with Gasteiger partial charge in [-0.15, -0.1) is 11.3 Å². The predicted molar refractivity (Wildman–Crippen MR) is 91.5 cm³/mol. The second kappa shape index (κ2) is 6.82. The first kappa shape index (κ1) is 15.5. The Kier molecular flexibility index (Phi) is 4.81. The number of nitrogens with zero attached hydrogens (tertiary/aromatic N) is 2. The Bertz CT molecular complexity index is 643. The molecule has 3 rings (SSSR count). The predicted octanol–water partition coefficient (Wildman–Crippen LogP) is 3.75. The SMILES string of the molecule is CC1CN(Cc2ccccc2)CCN1C(=O)c1ccc(Cl)s1. The van der Waals surface area contributed by atoms with E-state index >= 15 is 0 Å². The van der Waals surface area contributed by atoms with Crippen LogP contribution in [0, 0.1) is 0 Å². The van der Waals surface area contributed by atoms with Crippen LogP contribution in [0.5, 0.6) is 0 Å². The summed E-state index contributed by atoms with van der Waals surface area (Å²) in [6.07, 6.45) is 0. The zero-order valence-electron chi connectivity index (χ0n) is 12.5. The Morgan fingerprint density at radius 2 is 2.00 bits per heavy atom. The Hall–Kier alpha value is -1.36. The van der Waals surface area contributed by atoms with Gasteiger partial charge in [-0.3, -0.25) is 9.69 Å². The lowest BCUT2D eigenvalue weighted by atomic mass is 10.1. The third-order valence-corrected chi connectivity index (χ3v) is 5.22. The molecular formula is C17H19ClN2OS. The highest BCUT2D eigenvalue weighted by molar-refractivity contribution is 7.17. The van der Waals surface area contributed by atoms with Crippen LogP contribution in [0.2, 0.25) is 4.34 Å². The molecule has 2 aromatic rings. The highest BCUT2D eigenvalue weighted by atomic mass is 35.5. The summed E-state index contributed by atoms with van der Waals surface area (Å²) < 4.78 is 0.665. The molecule has 1 aromatic carbocycles. The molecule has 1 unspecified atom stereocenters. The molecule has 1 aromatic heterocycles. The van der Waals surface area contributed by atoms with Crippen LogP contribution >= 0.6 is 22.9 Å². The summed E-state index contributed by atoms with van der Waals surface area (Å²) in [5, 5.41) is 0. The molecule has 1 saturated heterocycles. The number of piperazine rings is 1. The average Bonchev–Trinajstić information content (AvgIpc) is 2.94. The van der Waals surface area contributed by atoms with E-state index in [0.717, 1.165) is 31.1 Å². The normalized spacial score (nSPS) is 19.4. The van der Waals surface area contributed by atoms with Crippen LogP contribution in [-0.2, 0) is 6.54 Å². The van der Waals surface area contributed by atoms with Gasteiger partial charge in [-0.25, -0.2) is 0 Å². The van der Waals surface area contributed by atoms with Crippen molar-refractivity contribution in [2.75, 3.05) is 19.6 Å². The molecule has 1 amide bonds. The van der Waals surface area contributed by atoms with Crippen molar-refractivity contribution in [2.45, 2.75) is 19.5 Å². The molecule has 1 aliphatic rings. The smallest absolute Gasteiger partial charge is 0.264 e. The van der Waals surface area contributed by atoms with Gasteiger partial charge < -0.3 is 4.90 Å². The minimum atomic E-state index is 0.101. The van der Waals surface area contributed by atoms with Crippen molar-refractivity contribution in [2.24, 2.45) is 0 Å². The summed E-state index contributed by atoms with van der Waals surface area (Å²) in [6.45, 7) is 5.63. The zero-order valence-corrected chi connectivity index (χ0v) is 14.1. The highest BCUT2D eigenvalue weighted by Gasteiger charge is 2.28. The summed E-state index contributed by atoms with van der Waals surface area (Å²) >= 11 is 7.29. The van der Waals surface area contributed by atoms with Gasteiger partial charge in [0.2, 0.25) is 0 Å². The number of amides is 1. The standard InChI is InChI=1S/C17H19ClN2OS/c1-13-11-19(12-14-5-3-2-4-6-14)9-10-20(13)17(21)15-7-8-16(18)22-15/h2-8,13H,9-12H2,1H3. The molecule has 0 bridgehead atoms. The van der Waals surface area contributed by atoms with Crippen LogP contribution in [0.1, 0.15) is 22.2 Å². The number of thiophene rings is 1. The van der Waals surface area contributed by atoms with Crippen LogP contribution in [-0.4, -0.2) is 41.4 Å². The van der Waals surface area contributed by atoms with Crippen molar-refractivity contribution in [3.8, 4) is 0 Å². The summed E-state index contributed by atoms with van der Waals surface area (Å²) in [6, 6.07) is 14.3. The molecule has 0 spiro atoms. The maximum atomic E-state index is 12.5. The second-order valence-corrected chi connectivity index (χ2v) is 7.39. The van der Waals surface area contributed by atoms with Gasteiger partial charge in [-0.05, 0) is 24.6 Å². The fraction of sp³-hybridized carbons (Fsp3) is 0.353. The maximum Gasteiger partial charge on any atom is 0.264 e. The molecule has 0 N–H and O–H groups in total. The first-order valence-corrected chi connectivity index (χ1v) is 8.65. The number of carbonyl (C=O) groups excluding carboxylic acids is 1. The van der Waals surface area contributed by atoms with Crippen molar-refractivity contribution in [1.82, 2.24) is 9.80 Å². The topological polar surface area (TPSA) is 23.6 Å². The third kappa shape index (κ3) is 3.51. The van der Waals surface area contributed by atoms with Gasteiger partial charge in [-0.1, -0.05) is 41.9 Å². The van der Waals surface area contributed by atoms with Crippen molar-refractivity contribution in [3.05, 3.63) is 57.2 Å². The van der Waals surface area contributed by atoms with Crippen LogP contribution in [0.25, 0.3) is 0 Å². The van der Waals surface area contributed by atoms with Gasteiger partial charge >= 0.3 is 0 Å². The van der Waals surface area contributed by atoms with Crippen molar-refractivity contribution < 1.29 is 4.79 Å². The lowest BCUT2D eigenvalue weighted by Gasteiger charge is -2.39. The Morgan fingerprint density at radius 1 is 1.23 bits per heavy atom.